The van der Waals surface area contributed by atoms with Crippen LogP contribution in [0.1, 0.15) is 84.1 Å². The van der Waals surface area contributed by atoms with Crippen molar-refractivity contribution < 1.29 is 37.8 Å². The molecule has 0 saturated carbocycles. The fourth-order valence-corrected chi connectivity index (χ4v) is 8.45. The molecule has 65 heavy (non-hydrogen) atoms. The first kappa shape index (κ1) is 47.4. The summed E-state index contributed by atoms with van der Waals surface area (Å²) in [5.41, 5.74) is 8.42. The fraction of sp³-hybridized carbons (Fsp3) is 0.551. The number of oxazole rings is 1. The van der Waals surface area contributed by atoms with Crippen molar-refractivity contribution >= 4 is 34.6 Å². The number of carbonyl (C=O) groups excluding carboxylic acids is 4. The highest BCUT2D eigenvalue weighted by atomic mass is 16.5. The predicted octanol–water partition coefficient (Wildman–Crippen LogP) is 4.94. The van der Waals surface area contributed by atoms with Crippen LogP contribution in [0.3, 0.4) is 0 Å². The molecule has 3 amide bonds. The first-order valence-corrected chi connectivity index (χ1v) is 22.8. The molecule has 1 aromatic carbocycles. The summed E-state index contributed by atoms with van der Waals surface area (Å²) in [6.45, 7) is 13.9. The van der Waals surface area contributed by atoms with Crippen LogP contribution >= 0.6 is 0 Å². The highest BCUT2D eigenvalue weighted by molar-refractivity contribution is 5.95. The summed E-state index contributed by atoms with van der Waals surface area (Å²) in [5.74, 6) is 4.32. The molecule has 4 atom stereocenters. The molecule has 2 N–H and O–H groups in total. The van der Waals surface area contributed by atoms with E-state index in [1.807, 2.05) is 65.7 Å². The van der Waals surface area contributed by atoms with Crippen LogP contribution in [-0.4, -0.2) is 131 Å². The van der Waals surface area contributed by atoms with Crippen LogP contribution in [0.25, 0.3) is 33.5 Å². The van der Waals surface area contributed by atoms with Gasteiger partial charge in [0.05, 0.1) is 60.9 Å². The lowest BCUT2D eigenvalue weighted by Crippen LogP contribution is -2.61. The molecule has 6 heterocycles. The molecule has 0 radical (unpaired) electrons. The van der Waals surface area contributed by atoms with E-state index in [-0.39, 0.29) is 55.5 Å². The number of benzene rings is 1. The molecule has 3 aromatic heterocycles. The summed E-state index contributed by atoms with van der Waals surface area (Å²) in [4.78, 5) is 67.9. The van der Waals surface area contributed by atoms with Crippen molar-refractivity contribution in [3.05, 3.63) is 59.9 Å². The van der Waals surface area contributed by atoms with Crippen molar-refractivity contribution in [2.75, 3.05) is 54.1 Å². The Morgan fingerprint density at radius 3 is 2.62 bits per heavy atom. The fourth-order valence-electron chi connectivity index (χ4n) is 8.45. The first-order chi connectivity index (χ1) is 31.1. The second kappa shape index (κ2) is 20.3. The van der Waals surface area contributed by atoms with Crippen LogP contribution in [-0.2, 0) is 52.8 Å². The predicted molar refractivity (Wildman–Crippen MR) is 245 cm³/mol. The minimum absolute atomic E-state index is 0.0414. The number of rotatable bonds is 11. The highest BCUT2D eigenvalue weighted by Gasteiger charge is 2.37. The molecule has 2 fully saturated rings. The maximum atomic E-state index is 14.4. The number of pyridine rings is 1. The highest BCUT2D eigenvalue weighted by Crippen LogP contribution is 2.40. The molecule has 6 bridgehead atoms. The number of likely N-dealkylation sites (tertiary alicyclic amines) is 1. The van der Waals surface area contributed by atoms with Crippen molar-refractivity contribution in [2.24, 2.45) is 11.8 Å². The summed E-state index contributed by atoms with van der Waals surface area (Å²) in [7, 11) is 5.51. The Morgan fingerprint density at radius 2 is 1.89 bits per heavy atom. The average molecular weight is 893 g/mol. The van der Waals surface area contributed by atoms with E-state index in [0.29, 0.717) is 57.6 Å². The Hall–Kier alpha value is -5.60. The molecule has 4 aromatic rings. The number of fused-ring (bicyclic) bond motifs is 6. The molecule has 16 nitrogen and oxygen atoms in total. The van der Waals surface area contributed by atoms with Crippen LogP contribution in [0, 0.1) is 23.7 Å². The number of ether oxygens (including phenoxy) is 3. The van der Waals surface area contributed by atoms with E-state index in [1.54, 1.807) is 24.4 Å². The van der Waals surface area contributed by atoms with Crippen LogP contribution in [0.4, 0.5) is 0 Å². The van der Waals surface area contributed by atoms with Crippen molar-refractivity contribution in [3.8, 4) is 34.4 Å². The zero-order chi connectivity index (χ0) is 46.6. The van der Waals surface area contributed by atoms with E-state index < -0.39 is 35.4 Å². The molecular weight excluding hydrogens is 829 g/mol. The zero-order valence-electron chi connectivity index (χ0n) is 39.2. The third kappa shape index (κ3) is 10.4. The summed E-state index contributed by atoms with van der Waals surface area (Å²) in [5, 5.41) is 5.44. The topological polar surface area (TPSA) is 174 Å². The van der Waals surface area contributed by atoms with Gasteiger partial charge in [0.15, 0.2) is 11.7 Å². The minimum Gasteiger partial charge on any atom is -0.464 e. The van der Waals surface area contributed by atoms with Crippen LogP contribution in [0.15, 0.2) is 47.1 Å². The Bertz CT molecular complexity index is 2440. The molecule has 0 spiro atoms. The van der Waals surface area contributed by atoms with Gasteiger partial charge in [0.1, 0.15) is 12.1 Å². The van der Waals surface area contributed by atoms with Gasteiger partial charge in [0.2, 0.25) is 5.91 Å². The van der Waals surface area contributed by atoms with Gasteiger partial charge < -0.3 is 33.4 Å². The van der Waals surface area contributed by atoms with E-state index in [0.717, 1.165) is 39.0 Å². The summed E-state index contributed by atoms with van der Waals surface area (Å²) in [6.07, 6.45) is 5.10. The standard InChI is InChI=1S/C49H64N8O8/c1-10-56-40-18-17-32-24-36(40)34(45(56)35-14-11-21-50-44(35)31(4)62-9)15-13-23-63-48(61)38-16-12-22-57(53-38)47(60)39(25-42-51-26-41(32)65-42)52-46(59)37(30(2)3)29-64-33-27-55(28-33)43(58)19-20-49(5,6)54(7)8/h11,14,17-18,21,24,26,30-31,33,37-39,53H,10,12-13,15-16,22-23,25,27-29H2,1-9H3,(H,52,59)/t31-,37-,38-,39-/m0/s1. The summed E-state index contributed by atoms with van der Waals surface area (Å²) >= 11 is 0. The van der Waals surface area contributed by atoms with Gasteiger partial charge in [0, 0.05) is 61.5 Å². The van der Waals surface area contributed by atoms with Gasteiger partial charge in [-0.05, 0) is 115 Å². The van der Waals surface area contributed by atoms with Crippen LogP contribution in [0.5, 0.6) is 0 Å². The number of amides is 3. The smallest absolute Gasteiger partial charge is 0.324 e. The lowest BCUT2D eigenvalue weighted by atomic mass is 9.95. The second-order valence-corrected chi connectivity index (χ2v) is 18.3. The first-order valence-electron chi connectivity index (χ1n) is 22.8. The number of hydrogen-bond acceptors (Lipinski definition) is 12. The lowest BCUT2D eigenvalue weighted by molar-refractivity contribution is -0.153. The number of aryl methyl sites for hydroxylation is 2. The van der Waals surface area contributed by atoms with Gasteiger partial charge in [0.25, 0.3) is 11.8 Å². The van der Waals surface area contributed by atoms with E-state index in [4.69, 9.17) is 23.6 Å². The van der Waals surface area contributed by atoms with Gasteiger partial charge in [-0.3, -0.25) is 34.1 Å². The monoisotopic (exact) mass is 892 g/mol. The van der Waals surface area contributed by atoms with Gasteiger partial charge in [-0.15, -0.1) is 0 Å². The molecule has 2 saturated heterocycles. The molecule has 0 aliphatic carbocycles. The molecule has 3 aliphatic heterocycles. The van der Waals surface area contributed by atoms with Gasteiger partial charge >= 0.3 is 5.97 Å². The Morgan fingerprint density at radius 1 is 1.11 bits per heavy atom. The number of aromatic nitrogens is 3. The Labute approximate surface area is 381 Å². The normalized spacial score (nSPS) is 19.6. The maximum Gasteiger partial charge on any atom is 0.324 e. The number of cyclic esters (lactones) is 1. The molecule has 16 heteroatoms. The van der Waals surface area contributed by atoms with Crippen molar-refractivity contribution in [1.82, 2.24) is 40.1 Å². The van der Waals surface area contributed by atoms with E-state index in [1.165, 1.54) is 5.01 Å². The van der Waals surface area contributed by atoms with Crippen LogP contribution in [0.2, 0.25) is 0 Å². The van der Waals surface area contributed by atoms with E-state index in [2.05, 4.69) is 57.3 Å². The molecule has 0 unspecified atom stereocenters. The maximum absolute atomic E-state index is 14.4. The number of nitrogens with zero attached hydrogens (tertiary/aromatic N) is 6. The molecule has 348 valence electrons. The molecular formula is C49H64N8O8. The van der Waals surface area contributed by atoms with Gasteiger partial charge in [-0.2, -0.15) is 0 Å². The zero-order valence-corrected chi connectivity index (χ0v) is 39.2. The number of carbonyl (C=O) groups is 4. The quantitative estimate of drug-likeness (QED) is 0.154. The third-order valence-electron chi connectivity index (χ3n) is 13.1. The number of esters is 1. The molecule has 3 aliphatic rings. The third-order valence-corrected chi connectivity index (χ3v) is 13.1. The van der Waals surface area contributed by atoms with Crippen molar-refractivity contribution in [1.29, 1.82) is 0 Å². The van der Waals surface area contributed by atoms with E-state index in [9.17, 15) is 19.2 Å². The lowest BCUT2D eigenvalue weighted by Gasteiger charge is -2.38. The Balaban J connectivity index is 1.15. The van der Waals surface area contributed by atoms with E-state index >= 15 is 0 Å². The summed E-state index contributed by atoms with van der Waals surface area (Å²) < 4.78 is 26.5. The van der Waals surface area contributed by atoms with Crippen molar-refractivity contribution in [2.45, 2.75) is 110 Å². The van der Waals surface area contributed by atoms with Crippen molar-refractivity contribution in [3.63, 3.8) is 0 Å². The number of methoxy groups -OCH3 is 1. The number of hydrogen-bond donors (Lipinski definition) is 2. The van der Waals surface area contributed by atoms with Crippen LogP contribution < -0.4 is 10.7 Å². The Kier molecular flexibility index (Phi) is 14.8. The summed E-state index contributed by atoms with van der Waals surface area (Å²) in [6, 6.07) is 8.36. The number of nitrogens with one attached hydrogen (secondary N) is 2. The minimum atomic E-state index is -1.09. The SMILES string of the molecule is CCn1c(-c2cccnc2[C@H](C)OC)c2c3cc(ccc31)-c1cnc(o1)C[C@H](NC(=O)[C@@H](COC1CN(C(=O)C#CC(C)(C)N(C)C)C1)C(C)C)C(=O)N1CCC[C@H](N1)C(=O)OCCC2. The largest absolute Gasteiger partial charge is 0.464 e. The van der Waals surface area contributed by atoms with Gasteiger partial charge in [-0.25, -0.2) is 10.4 Å². The number of hydrazine groups is 1. The second-order valence-electron chi connectivity index (χ2n) is 18.3. The average Bonchev–Trinajstić information content (AvgIpc) is 3.88. The molecule has 7 rings (SSSR count). The van der Waals surface area contributed by atoms with Gasteiger partial charge in [-0.1, -0.05) is 19.8 Å².